The summed E-state index contributed by atoms with van der Waals surface area (Å²) in [5, 5.41) is 8.14. The number of benzene rings is 1. The maximum absolute atomic E-state index is 12.7. The molecule has 0 heterocycles. The quantitative estimate of drug-likeness (QED) is 0.630. The summed E-state index contributed by atoms with van der Waals surface area (Å²) in [6.45, 7) is 1.71. The highest BCUT2D eigenvalue weighted by Crippen LogP contribution is 2.26. The summed E-state index contributed by atoms with van der Waals surface area (Å²) >= 11 is 0. The summed E-state index contributed by atoms with van der Waals surface area (Å²) < 4.78 is 25.4. The lowest BCUT2D eigenvalue weighted by Gasteiger charge is -2.07. The van der Waals surface area contributed by atoms with Crippen molar-refractivity contribution in [1.29, 1.82) is 5.26 Å². The van der Waals surface area contributed by atoms with Crippen LogP contribution in [0.5, 0.6) is 0 Å². The van der Waals surface area contributed by atoms with Crippen LogP contribution in [0.2, 0.25) is 0 Å². The van der Waals surface area contributed by atoms with Gasteiger partial charge in [0.2, 0.25) is 0 Å². The van der Waals surface area contributed by atoms with E-state index in [9.17, 15) is 8.78 Å². The molecule has 1 aromatic rings. The lowest BCUT2D eigenvalue weighted by molar-refractivity contribution is 0.0612. The van der Waals surface area contributed by atoms with Crippen LogP contribution in [0.4, 0.5) is 8.78 Å². The Balaban J connectivity index is 3.14. The third kappa shape index (κ3) is 1.59. The minimum absolute atomic E-state index is 0.245. The number of nitriles is 1. The normalized spacial score (nSPS) is 10.8. The fraction of sp³-hybridized carbons (Fsp3) is 0.222. The van der Waals surface area contributed by atoms with E-state index in [0.29, 0.717) is 0 Å². The number of nitrogens with zero attached hydrogens (tertiary/aromatic N) is 1. The Kier molecular flexibility index (Phi) is 2.09. The highest BCUT2D eigenvalue weighted by Gasteiger charge is 2.30. The van der Waals surface area contributed by atoms with E-state index in [0.717, 1.165) is 11.6 Å². The molecule has 0 saturated heterocycles. The Bertz CT molecular complexity index is 326. The van der Waals surface area contributed by atoms with Gasteiger partial charge in [-0.3, -0.25) is 0 Å². The first-order chi connectivity index (χ1) is 5.56. The Hall–Kier alpha value is -1.43. The molecule has 12 heavy (non-hydrogen) atoms. The van der Waals surface area contributed by atoms with Gasteiger partial charge in [-0.2, -0.15) is 14.0 Å². The molecule has 1 nitrogen and oxygen atoms in total. The first kappa shape index (κ1) is 8.66. The summed E-state index contributed by atoms with van der Waals surface area (Å²) in [6.07, 6.45) is 0. The zero-order valence-corrected chi connectivity index (χ0v) is 6.51. The third-order valence-corrected chi connectivity index (χ3v) is 1.52. The van der Waals surface area contributed by atoms with Crippen LogP contribution < -0.4 is 0 Å². The van der Waals surface area contributed by atoms with Gasteiger partial charge in [-0.1, -0.05) is 23.8 Å². The molecule has 0 unspecified atom stereocenters. The van der Waals surface area contributed by atoms with E-state index >= 15 is 0 Å². The molecule has 0 atom stereocenters. The maximum Gasteiger partial charge on any atom is 0.357 e. The summed E-state index contributed by atoms with van der Waals surface area (Å²) in [5.41, 5.74) is 0.479. The molecule has 1 rings (SSSR count). The van der Waals surface area contributed by atoms with Crippen LogP contribution >= 0.6 is 0 Å². The van der Waals surface area contributed by atoms with Gasteiger partial charge in [-0.15, -0.1) is 0 Å². The lowest BCUT2D eigenvalue weighted by atomic mass is 10.1. The molecule has 0 fully saturated rings. The molecule has 0 spiro atoms. The summed E-state index contributed by atoms with van der Waals surface area (Å²) in [7, 11) is 0. The van der Waals surface area contributed by atoms with Crippen LogP contribution in [0.3, 0.4) is 0 Å². The van der Waals surface area contributed by atoms with Crippen molar-refractivity contribution in [2.24, 2.45) is 0 Å². The standard InChI is InChI=1S/C9H7F2N/c1-7-3-2-4-8(5-7)9(10,11)6-12/h2-5H,1H3. The summed E-state index contributed by atoms with van der Waals surface area (Å²) in [5.74, 6) is -3.37. The van der Waals surface area contributed by atoms with Crippen molar-refractivity contribution in [3.8, 4) is 6.07 Å². The van der Waals surface area contributed by atoms with Crippen LogP contribution in [-0.4, -0.2) is 0 Å². The van der Waals surface area contributed by atoms with Crippen LogP contribution in [0.25, 0.3) is 0 Å². The average Bonchev–Trinajstić information content (AvgIpc) is 2.05. The molecule has 0 saturated carbocycles. The fourth-order valence-electron chi connectivity index (χ4n) is 0.905. The van der Waals surface area contributed by atoms with Crippen molar-refractivity contribution in [3.63, 3.8) is 0 Å². The Labute approximate surface area is 69.2 Å². The molecule has 62 valence electrons. The van der Waals surface area contributed by atoms with E-state index in [-0.39, 0.29) is 5.56 Å². The second-order valence-electron chi connectivity index (χ2n) is 2.56. The van der Waals surface area contributed by atoms with Gasteiger partial charge in [0.05, 0.1) is 0 Å². The second-order valence-corrected chi connectivity index (χ2v) is 2.56. The van der Waals surface area contributed by atoms with E-state index in [1.807, 2.05) is 0 Å². The van der Waals surface area contributed by atoms with Gasteiger partial charge in [-0.25, -0.2) is 0 Å². The fourth-order valence-corrected chi connectivity index (χ4v) is 0.905. The van der Waals surface area contributed by atoms with Crippen molar-refractivity contribution in [2.45, 2.75) is 12.8 Å². The molecule has 0 radical (unpaired) electrons. The van der Waals surface area contributed by atoms with Gasteiger partial charge in [0.25, 0.3) is 0 Å². The Morgan fingerprint density at radius 2 is 2.08 bits per heavy atom. The average molecular weight is 167 g/mol. The summed E-state index contributed by atoms with van der Waals surface area (Å²) in [4.78, 5) is 0. The van der Waals surface area contributed by atoms with Crippen LogP contribution in [0.1, 0.15) is 11.1 Å². The molecule has 0 aromatic heterocycles. The number of hydrogen-bond acceptors (Lipinski definition) is 1. The van der Waals surface area contributed by atoms with Crippen LogP contribution in [0.15, 0.2) is 24.3 Å². The largest absolute Gasteiger partial charge is 0.357 e. The lowest BCUT2D eigenvalue weighted by Crippen LogP contribution is -2.09. The molecule has 1 aromatic carbocycles. The molecule has 0 N–H and O–H groups in total. The van der Waals surface area contributed by atoms with Crippen molar-refractivity contribution in [2.75, 3.05) is 0 Å². The Morgan fingerprint density at radius 3 is 2.58 bits per heavy atom. The zero-order chi connectivity index (χ0) is 9.19. The van der Waals surface area contributed by atoms with E-state index in [4.69, 9.17) is 5.26 Å². The smallest absolute Gasteiger partial charge is 0.191 e. The van der Waals surface area contributed by atoms with Gasteiger partial charge >= 0.3 is 5.92 Å². The second kappa shape index (κ2) is 2.90. The van der Waals surface area contributed by atoms with Crippen molar-refractivity contribution in [3.05, 3.63) is 35.4 Å². The van der Waals surface area contributed by atoms with Crippen LogP contribution in [0, 0.1) is 18.3 Å². The molecule has 0 aliphatic carbocycles. The number of alkyl halides is 2. The van der Waals surface area contributed by atoms with Gasteiger partial charge < -0.3 is 0 Å². The highest BCUT2D eigenvalue weighted by molar-refractivity contribution is 5.29. The molecule has 0 bridgehead atoms. The topological polar surface area (TPSA) is 23.8 Å². The maximum atomic E-state index is 12.7. The van der Waals surface area contributed by atoms with E-state index in [1.165, 1.54) is 18.2 Å². The van der Waals surface area contributed by atoms with Crippen molar-refractivity contribution in [1.82, 2.24) is 0 Å². The zero-order valence-electron chi connectivity index (χ0n) is 6.51. The minimum Gasteiger partial charge on any atom is -0.191 e. The first-order valence-corrected chi connectivity index (χ1v) is 3.42. The van der Waals surface area contributed by atoms with Gasteiger partial charge in [-0.05, 0) is 13.0 Å². The molecular formula is C9H7F2N. The molecule has 3 heteroatoms. The summed E-state index contributed by atoms with van der Waals surface area (Å²) in [6, 6.07) is 6.72. The number of hydrogen-bond donors (Lipinski definition) is 0. The molecular weight excluding hydrogens is 160 g/mol. The van der Waals surface area contributed by atoms with Gasteiger partial charge in [0.15, 0.2) is 0 Å². The van der Waals surface area contributed by atoms with E-state index in [1.54, 1.807) is 13.0 Å². The molecule has 0 aliphatic rings. The number of halogens is 2. The van der Waals surface area contributed by atoms with Gasteiger partial charge in [0, 0.05) is 5.56 Å². The Morgan fingerprint density at radius 1 is 1.42 bits per heavy atom. The van der Waals surface area contributed by atoms with Crippen LogP contribution in [-0.2, 0) is 5.92 Å². The predicted molar refractivity (Wildman–Crippen MR) is 40.7 cm³/mol. The van der Waals surface area contributed by atoms with Crippen molar-refractivity contribution < 1.29 is 8.78 Å². The van der Waals surface area contributed by atoms with Gasteiger partial charge in [0.1, 0.15) is 6.07 Å². The number of aryl methyl sites for hydroxylation is 1. The van der Waals surface area contributed by atoms with E-state index < -0.39 is 5.92 Å². The SMILES string of the molecule is Cc1cccc(C(F)(F)C#N)c1. The predicted octanol–water partition coefficient (Wildman–Crippen LogP) is 2.61. The first-order valence-electron chi connectivity index (χ1n) is 3.42. The minimum atomic E-state index is -3.37. The highest BCUT2D eigenvalue weighted by atomic mass is 19.3. The molecule has 0 amide bonds. The van der Waals surface area contributed by atoms with E-state index in [2.05, 4.69) is 0 Å². The molecule has 0 aliphatic heterocycles. The number of rotatable bonds is 1. The monoisotopic (exact) mass is 167 g/mol. The van der Waals surface area contributed by atoms with Crippen molar-refractivity contribution >= 4 is 0 Å². The third-order valence-electron chi connectivity index (χ3n) is 1.52.